The fraction of sp³-hybridized carbons (Fsp3) is 0.462. The van der Waals surface area contributed by atoms with Gasteiger partial charge in [-0.25, -0.2) is 4.79 Å². The molecule has 1 rings (SSSR count). The second kappa shape index (κ2) is 8.68. The first-order valence-electron chi connectivity index (χ1n) is 6.37. The second-order valence-corrected chi connectivity index (χ2v) is 6.50. The molecular weight excluding hydrogens is 312 g/mol. The van der Waals surface area contributed by atoms with Crippen LogP contribution in [0.15, 0.2) is 6.07 Å². The average Bonchev–Trinajstić information content (AvgIpc) is 2.75. The van der Waals surface area contributed by atoms with Crippen LogP contribution >= 0.6 is 23.1 Å². The lowest BCUT2D eigenvalue weighted by Gasteiger charge is -2.05. The van der Waals surface area contributed by atoms with Crippen molar-refractivity contribution >= 4 is 45.9 Å². The zero-order valence-electron chi connectivity index (χ0n) is 11.9. The lowest BCUT2D eigenvalue weighted by atomic mass is 10.3. The lowest BCUT2D eigenvalue weighted by Crippen LogP contribution is -2.16. The van der Waals surface area contributed by atoms with Gasteiger partial charge in [-0.2, -0.15) is 11.8 Å². The number of amides is 2. The van der Waals surface area contributed by atoms with Gasteiger partial charge in [0.15, 0.2) is 0 Å². The summed E-state index contributed by atoms with van der Waals surface area (Å²) in [6, 6.07) is 1.69. The molecule has 0 aliphatic heterocycles. The molecule has 0 spiro atoms. The van der Waals surface area contributed by atoms with Gasteiger partial charge in [0.2, 0.25) is 11.8 Å². The number of carbonyl (C=O) groups excluding carboxylic acids is 3. The number of primary amides is 1. The Hall–Kier alpha value is -1.54. The fourth-order valence-corrected chi connectivity index (χ4v) is 3.09. The monoisotopic (exact) mass is 330 g/mol. The summed E-state index contributed by atoms with van der Waals surface area (Å²) in [6.07, 6.45) is 0.247. The van der Waals surface area contributed by atoms with Crippen LogP contribution in [0.25, 0.3) is 0 Å². The zero-order chi connectivity index (χ0) is 15.8. The number of hydrogen-bond donors (Lipinski definition) is 2. The van der Waals surface area contributed by atoms with E-state index in [9.17, 15) is 14.4 Å². The summed E-state index contributed by atoms with van der Waals surface area (Å²) >= 11 is 2.63. The van der Waals surface area contributed by atoms with Crippen molar-refractivity contribution in [2.75, 3.05) is 23.4 Å². The van der Waals surface area contributed by atoms with E-state index in [0.29, 0.717) is 16.3 Å². The van der Waals surface area contributed by atoms with E-state index >= 15 is 0 Å². The van der Waals surface area contributed by atoms with Gasteiger partial charge in [0.1, 0.15) is 5.00 Å². The molecule has 0 bridgehead atoms. The van der Waals surface area contributed by atoms with E-state index in [1.54, 1.807) is 13.0 Å². The molecule has 0 fully saturated rings. The normalized spacial score (nSPS) is 10.2. The van der Waals surface area contributed by atoms with Crippen LogP contribution in [0.4, 0.5) is 5.00 Å². The summed E-state index contributed by atoms with van der Waals surface area (Å²) in [7, 11) is 0. The van der Waals surface area contributed by atoms with Crippen molar-refractivity contribution in [2.45, 2.75) is 20.3 Å². The minimum atomic E-state index is -0.444. The molecule has 0 aliphatic rings. The molecule has 2 amide bonds. The zero-order valence-corrected chi connectivity index (χ0v) is 13.6. The molecule has 0 saturated carbocycles. The Kier molecular flexibility index (Phi) is 7.24. The Morgan fingerprint density at radius 2 is 2.14 bits per heavy atom. The first kappa shape index (κ1) is 17.5. The first-order chi connectivity index (χ1) is 9.93. The number of thiophene rings is 1. The van der Waals surface area contributed by atoms with E-state index in [1.165, 1.54) is 23.1 Å². The lowest BCUT2D eigenvalue weighted by molar-refractivity contribution is -0.116. The summed E-state index contributed by atoms with van der Waals surface area (Å²) < 4.78 is 4.95. The van der Waals surface area contributed by atoms with Crippen molar-refractivity contribution < 1.29 is 19.1 Å². The number of nitrogens with two attached hydrogens (primary N) is 1. The second-order valence-electron chi connectivity index (χ2n) is 4.14. The highest BCUT2D eigenvalue weighted by atomic mass is 32.2. The Balaban J connectivity index is 2.55. The number of hydrogen-bond acceptors (Lipinski definition) is 6. The Morgan fingerprint density at radius 3 is 2.76 bits per heavy atom. The maximum absolute atomic E-state index is 11.8. The Labute approximate surface area is 131 Å². The molecule has 0 atom stereocenters. The molecule has 0 unspecified atom stereocenters. The molecule has 1 heterocycles. The van der Waals surface area contributed by atoms with Crippen LogP contribution in [0.3, 0.4) is 0 Å². The summed E-state index contributed by atoms with van der Waals surface area (Å²) in [4.78, 5) is 35.1. The van der Waals surface area contributed by atoms with E-state index < -0.39 is 11.9 Å². The Bertz CT molecular complexity index is 528. The van der Waals surface area contributed by atoms with E-state index in [1.807, 2.05) is 6.92 Å². The number of esters is 1. The molecule has 6 nitrogen and oxygen atoms in total. The third-order valence-electron chi connectivity index (χ3n) is 2.32. The number of nitrogens with one attached hydrogen (secondary N) is 1. The SMILES string of the molecule is CCOC(=O)c1cc(C)sc1NC(=O)CCSCC(N)=O. The van der Waals surface area contributed by atoms with Gasteiger partial charge in [0.05, 0.1) is 17.9 Å². The van der Waals surface area contributed by atoms with Gasteiger partial charge in [-0.1, -0.05) is 0 Å². The van der Waals surface area contributed by atoms with Gasteiger partial charge in [0, 0.05) is 17.1 Å². The largest absolute Gasteiger partial charge is 0.462 e. The van der Waals surface area contributed by atoms with Crippen molar-refractivity contribution in [2.24, 2.45) is 5.73 Å². The van der Waals surface area contributed by atoms with E-state index in [2.05, 4.69) is 5.32 Å². The molecule has 1 aromatic rings. The molecule has 0 aromatic carbocycles. The van der Waals surface area contributed by atoms with Crippen molar-refractivity contribution in [1.82, 2.24) is 0 Å². The van der Waals surface area contributed by atoms with Crippen LogP contribution < -0.4 is 11.1 Å². The van der Waals surface area contributed by atoms with Gasteiger partial charge in [-0.15, -0.1) is 11.3 Å². The molecule has 21 heavy (non-hydrogen) atoms. The molecular formula is C13H18N2O4S2. The summed E-state index contributed by atoms with van der Waals surface area (Å²) in [5.41, 5.74) is 5.38. The molecule has 116 valence electrons. The molecule has 3 N–H and O–H groups in total. The Morgan fingerprint density at radius 1 is 1.43 bits per heavy atom. The average molecular weight is 330 g/mol. The maximum atomic E-state index is 11.8. The molecule has 0 aliphatic carbocycles. The predicted molar refractivity (Wildman–Crippen MR) is 84.8 cm³/mol. The van der Waals surface area contributed by atoms with Crippen LogP contribution in [0, 0.1) is 6.92 Å². The van der Waals surface area contributed by atoms with Gasteiger partial charge in [0.25, 0.3) is 0 Å². The number of rotatable bonds is 8. The minimum Gasteiger partial charge on any atom is -0.462 e. The standard InChI is InChI=1S/C13H18N2O4S2/c1-3-19-13(18)9-6-8(2)21-12(9)15-11(17)4-5-20-7-10(14)16/h6H,3-5,7H2,1-2H3,(H2,14,16)(H,15,17). The van der Waals surface area contributed by atoms with Gasteiger partial charge in [-0.3, -0.25) is 9.59 Å². The summed E-state index contributed by atoms with van der Waals surface area (Å²) in [5, 5.41) is 3.20. The van der Waals surface area contributed by atoms with Crippen molar-refractivity contribution in [1.29, 1.82) is 0 Å². The minimum absolute atomic E-state index is 0.194. The van der Waals surface area contributed by atoms with Crippen molar-refractivity contribution in [3.8, 4) is 0 Å². The number of carbonyl (C=O) groups is 3. The first-order valence-corrected chi connectivity index (χ1v) is 8.34. The van der Waals surface area contributed by atoms with Crippen LogP contribution in [0.5, 0.6) is 0 Å². The van der Waals surface area contributed by atoms with Crippen molar-refractivity contribution in [3.63, 3.8) is 0 Å². The van der Waals surface area contributed by atoms with Crippen LogP contribution in [-0.4, -0.2) is 35.9 Å². The molecule has 1 aromatic heterocycles. The highest BCUT2D eigenvalue weighted by molar-refractivity contribution is 7.99. The van der Waals surface area contributed by atoms with Crippen LogP contribution in [0.2, 0.25) is 0 Å². The number of aryl methyl sites for hydroxylation is 1. The van der Waals surface area contributed by atoms with E-state index in [0.717, 1.165) is 4.88 Å². The molecule has 8 heteroatoms. The van der Waals surface area contributed by atoms with Crippen LogP contribution in [0.1, 0.15) is 28.6 Å². The quantitative estimate of drug-likeness (QED) is 0.559. The highest BCUT2D eigenvalue weighted by Crippen LogP contribution is 2.28. The van der Waals surface area contributed by atoms with E-state index in [4.69, 9.17) is 10.5 Å². The van der Waals surface area contributed by atoms with Gasteiger partial charge < -0.3 is 15.8 Å². The van der Waals surface area contributed by atoms with Gasteiger partial charge >= 0.3 is 5.97 Å². The summed E-state index contributed by atoms with van der Waals surface area (Å²) in [6.45, 7) is 3.86. The number of ether oxygens (including phenoxy) is 1. The number of anilines is 1. The maximum Gasteiger partial charge on any atom is 0.341 e. The van der Waals surface area contributed by atoms with E-state index in [-0.39, 0.29) is 24.7 Å². The predicted octanol–water partition coefficient (Wildman–Crippen LogP) is 1.78. The van der Waals surface area contributed by atoms with Crippen LogP contribution in [-0.2, 0) is 14.3 Å². The number of thioether (sulfide) groups is 1. The molecule has 0 saturated heterocycles. The fourth-order valence-electron chi connectivity index (χ4n) is 1.49. The highest BCUT2D eigenvalue weighted by Gasteiger charge is 2.17. The van der Waals surface area contributed by atoms with Crippen molar-refractivity contribution in [3.05, 3.63) is 16.5 Å². The summed E-state index contributed by atoms with van der Waals surface area (Å²) in [5.74, 6) is -0.369. The van der Waals surface area contributed by atoms with Gasteiger partial charge in [-0.05, 0) is 19.9 Å². The topological polar surface area (TPSA) is 98.5 Å². The third kappa shape index (κ3) is 6.17. The smallest absolute Gasteiger partial charge is 0.341 e. The molecule has 0 radical (unpaired) electrons. The third-order valence-corrected chi connectivity index (χ3v) is 4.27.